The second kappa shape index (κ2) is 4.01. The Labute approximate surface area is 97.2 Å². The maximum Gasteiger partial charge on any atom is 0.133 e. The molecule has 0 saturated heterocycles. The molecule has 0 aromatic rings. The van der Waals surface area contributed by atoms with E-state index in [1.54, 1.807) is 0 Å². The highest BCUT2D eigenvalue weighted by atomic mass is 16.5. The van der Waals surface area contributed by atoms with E-state index in [9.17, 15) is 5.26 Å². The van der Waals surface area contributed by atoms with Crippen molar-refractivity contribution < 1.29 is 4.74 Å². The number of nitrogens with one attached hydrogen (secondary N) is 1. The van der Waals surface area contributed by atoms with E-state index in [1.165, 1.54) is 44.9 Å². The van der Waals surface area contributed by atoms with Crippen LogP contribution in [0.1, 0.15) is 44.9 Å². The van der Waals surface area contributed by atoms with Crippen molar-refractivity contribution in [2.24, 2.45) is 5.92 Å². The van der Waals surface area contributed by atoms with Gasteiger partial charge in [0.2, 0.25) is 0 Å². The Morgan fingerprint density at radius 1 is 1.19 bits per heavy atom. The number of ether oxygens (including phenoxy) is 1. The summed E-state index contributed by atoms with van der Waals surface area (Å²) in [7, 11) is 0. The monoisotopic (exact) mass is 220 g/mol. The Hall–Kier alpha value is -0.590. The van der Waals surface area contributed by atoms with Crippen LogP contribution in [0.5, 0.6) is 0 Å². The summed E-state index contributed by atoms with van der Waals surface area (Å²) in [5.41, 5.74) is -0.364. The summed E-state index contributed by atoms with van der Waals surface area (Å²) in [6.45, 7) is 0.606. The summed E-state index contributed by atoms with van der Waals surface area (Å²) in [4.78, 5) is 0. The molecule has 3 nitrogen and oxygen atoms in total. The topological polar surface area (TPSA) is 45.0 Å². The number of nitriles is 1. The molecule has 1 atom stereocenters. The molecule has 88 valence electrons. The minimum Gasteiger partial charge on any atom is -0.375 e. The average Bonchev–Trinajstić information content (AvgIpc) is 3.06. The summed E-state index contributed by atoms with van der Waals surface area (Å²) in [6.07, 6.45) is 8.98. The van der Waals surface area contributed by atoms with Gasteiger partial charge >= 0.3 is 0 Å². The van der Waals surface area contributed by atoms with Crippen LogP contribution in [0, 0.1) is 17.2 Å². The summed E-state index contributed by atoms with van der Waals surface area (Å²) >= 11 is 0. The van der Waals surface area contributed by atoms with E-state index in [4.69, 9.17) is 4.74 Å². The van der Waals surface area contributed by atoms with E-state index in [0.717, 1.165) is 0 Å². The minimum absolute atomic E-state index is 0.364. The first-order chi connectivity index (χ1) is 7.82. The molecule has 1 N–H and O–H groups in total. The van der Waals surface area contributed by atoms with Gasteiger partial charge in [0.15, 0.2) is 0 Å². The van der Waals surface area contributed by atoms with E-state index in [-0.39, 0.29) is 5.54 Å². The molecule has 1 unspecified atom stereocenters. The lowest BCUT2D eigenvalue weighted by Gasteiger charge is -2.33. The third-order valence-electron chi connectivity index (χ3n) is 4.11. The lowest BCUT2D eigenvalue weighted by atomic mass is 9.93. The second-order valence-electron chi connectivity index (χ2n) is 5.64. The van der Waals surface area contributed by atoms with Crippen LogP contribution in [0.3, 0.4) is 0 Å². The summed E-state index contributed by atoms with van der Waals surface area (Å²) in [5, 5.41) is 13.0. The van der Waals surface area contributed by atoms with Crippen molar-refractivity contribution in [1.29, 1.82) is 5.26 Å². The summed E-state index contributed by atoms with van der Waals surface area (Å²) in [6, 6.07) is 3.10. The summed E-state index contributed by atoms with van der Waals surface area (Å²) in [5.74, 6) is 0.540. The van der Waals surface area contributed by atoms with Gasteiger partial charge in [0.25, 0.3) is 0 Å². The molecular formula is C13H20N2O. The molecule has 3 rings (SSSR count). The van der Waals surface area contributed by atoms with Crippen molar-refractivity contribution in [3.05, 3.63) is 0 Å². The number of nitrogens with zero attached hydrogens (tertiary/aromatic N) is 1. The maximum atomic E-state index is 9.47. The molecule has 3 saturated carbocycles. The fourth-order valence-electron chi connectivity index (χ4n) is 2.39. The number of hydrogen-bond donors (Lipinski definition) is 1. The van der Waals surface area contributed by atoms with Crippen LogP contribution in [0.4, 0.5) is 0 Å². The SMILES string of the molecule is N#CC(COC1CCC1)(NC1CC1)C1CC1. The van der Waals surface area contributed by atoms with Gasteiger partial charge < -0.3 is 4.74 Å². The normalized spacial score (nSPS) is 29.2. The van der Waals surface area contributed by atoms with Crippen molar-refractivity contribution in [2.75, 3.05) is 6.61 Å². The zero-order valence-electron chi connectivity index (χ0n) is 9.74. The smallest absolute Gasteiger partial charge is 0.133 e. The predicted molar refractivity (Wildman–Crippen MR) is 60.8 cm³/mol. The molecule has 3 aliphatic carbocycles. The van der Waals surface area contributed by atoms with Gasteiger partial charge in [0.1, 0.15) is 5.54 Å². The molecule has 0 spiro atoms. The molecule has 0 aromatic heterocycles. The van der Waals surface area contributed by atoms with Crippen LogP contribution in [-0.4, -0.2) is 24.3 Å². The van der Waals surface area contributed by atoms with Crippen molar-refractivity contribution in [3.8, 4) is 6.07 Å². The third kappa shape index (κ3) is 2.09. The highest BCUT2D eigenvalue weighted by Gasteiger charge is 2.48. The van der Waals surface area contributed by atoms with E-state index in [2.05, 4.69) is 11.4 Å². The lowest BCUT2D eigenvalue weighted by molar-refractivity contribution is -0.0239. The van der Waals surface area contributed by atoms with Crippen molar-refractivity contribution >= 4 is 0 Å². The molecular weight excluding hydrogens is 200 g/mol. The lowest BCUT2D eigenvalue weighted by Crippen LogP contribution is -2.52. The first-order valence-corrected chi connectivity index (χ1v) is 6.63. The van der Waals surface area contributed by atoms with Gasteiger partial charge in [-0.05, 0) is 50.9 Å². The van der Waals surface area contributed by atoms with Crippen LogP contribution < -0.4 is 5.32 Å². The van der Waals surface area contributed by atoms with Gasteiger partial charge in [0.05, 0.1) is 18.8 Å². The molecule has 0 aromatic carbocycles. The zero-order valence-corrected chi connectivity index (χ0v) is 9.74. The molecule has 0 aliphatic heterocycles. The molecule has 3 heteroatoms. The van der Waals surface area contributed by atoms with Crippen LogP contribution in [0.25, 0.3) is 0 Å². The van der Waals surface area contributed by atoms with Crippen LogP contribution in [0.2, 0.25) is 0 Å². The first-order valence-electron chi connectivity index (χ1n) is 6.63. The van der Waals surface area contributed by atoms with Crippen LogP contribution in [-0.2, 0) is 4.74 Å². The number of rotatable bonds is 6. The minimum atomic E-state index is -0.364. The van der Waals surface area contributed by atoms with Crippen LogP contribution in [0.15, 0.2) is 0 Å². The highest BCUT2D eigenvalue weighted by molar-refractivity contribution is 5.17. The Kier molecular flexibility index (Phi) is 2.65. The molecule has 0 amide bonds. The van der Waals surface area contributed by atoms with E-state index in [0.29, 0.717) is 24.7 Å². The Morgan fingerprint density at radius 3 is 2.38 bits per heavy atom. The van der Waals surface area contributed by atoms with Crippen molar-refractivity contribution in [2.45, 2.75) is 62.6 Å². The second-order valence-corrected chi connectivity index (χ2v) is 5.64. The van der Waals surface area contributed by atoms with Gasteiger partial charge in [0, 0.05) is 6.04 Å². The quantitative estimate of drug-likeness (QED) is 0.744. The highest BCUT2D eigenvalue weighted by Crippen LogP contribution is 2.42. The molecule has 0 heterocycles. The van der Waals surface area contributed by atoms with Gasteiger partial charge in [-0.25, -0.2) is 0 Å². The Balaban J connectivity index is 1.59. The maximum absolute atomic E-state index is 9.47. The standard InChI is InChI=1S/C13H20N2O/c14-8-13(10-4-5-10,15-11-6-7-11)9-16-12-2-1-3-12/h10-12,15H,1-7,9H2. The van der Waals surface area contributed by atoms with E-state index < -0.39 is 0 Å². The average molecular weight is 220 g/mol. The number of hydrogen-bond acceptors (Lipinski definition) is 3. The largest absolute Gasteiger partial charge is 0.375 e. The van der Waals surface area contributed by atoms with Gasteiger partial charge in [-0.3, -0.25) is 5.32 Å². The van der Waals surface area contributed by atoms with Gasteiger partial charge in [-0.15, -0.1) is 0 Å². The molecule has 0 bridgehead atoms. The fourth-order valence-corrected chi connectivity index (χ4v) is 2.39. The first kappa shape index (κ1) is 10.6. The van der Waals surface area contributed by atoms with Crippen molar-refractivity contribution in [3.63, 3.8) is 0 Å². The third-order valence-corrected chi connectivity index (χ3v) is 4.11. The fraction of sp³-hybridized carbons (Fsp3) is 0.923. The molecule has 16 heavy (non-hydrogen) atoms. The Morgan fingerprint density at radius 2 is 1.94 bits per heavy atom. The van der Waals surface area contributed by atoms with E-state index >= 15 is 0 Å². The molecule has 0 radical (unpaired) electrons. The summed E-state index contributed by atoms with van der Waals surface area (Å²) < 4.78 is 5.88. The zero-order chi connectivity index (χ0) is 11.0. The van der Waals surface area contributed by atoms with Gasteiger partial charge in [-0.2, -0.15) is 5.26 Å². The predicted octanol–water partition coefficient (Wildman–Crippen LogP) is 1.98. The van der Waals surface area contributed by atoms with Crippen molar-refractivity contribution in [1.82, 2.24) is 5.32 Å². The molecule has 3 fully saturated rings. The van der Waals surface area contributed by atoms with E-state index in [1.807, 2.05) is 0 Å². The van der Waals surface area contributed by atoms with Gasteiger partial charge in [-0.1, -0.05) is 0 Å². The van der Waals surface area contributed by atoms with Crippen LogP contribution >= 0.6 is 0 Å². The Bertz CT molecular complexity index is 300. The molecule has 3 aliphatic rings.